The summed E-state index contributed by atoms with van der Waals surface area (Å²) >= 11 is 3.39. The normalized spacial score (nSPS) is 25.6. The molecular weight excluding hydrogens is 476 g/mol. The second kappa shape index (κ2) is 8.02. The van der Waals surface area contributed by atoms with Crippen molar-refractivity contribution in [3.8, 4) is 11.5 Å². The molecule has 0 aromatic heterocycles. The van der Waals surface area contributed by atoms with E-state index in [9.17, 15) is 14.4 Å². The number of hydrogen-bond donors (Lipinski definition) is 0. The van der Waals surface area contributed by atoms with E-state index in [0.29, 0.717) is 16.9 Å². The quantitative estimate of drug-likeness (QED) is 0.207. The third kappa shape index (κ3) is 3.44. The molecule has 0 spiro atoms. The average Bonchev–Trinajstić information content (AvgIpc) is 3.48. The van der Waals surface area contributed by atoms with Crippen LogP contribution in [0.2, 0.25) is 0 Å². The minimum Gasteiger partial charge on any atom is -0.497 e. The standard InChI is InChI=1S/C24H19BrN2O5/c1-31-18-7-4-13(5-8-18)24(30)32-19-9-6-17(25)11-16(19)12-26-27-22(28)20-14-2-3-15(10-14)21(20)23(27)29/h2-9,11-12,14-15,20-21H,10H2,1H3. The number of nitrogens with zero attached hydrogens (tertiary/aromatic N) is 2. The third-order valence-electron chi connectivity index (χ3n) is 6.26. The van der Waals surface area contributed by atoms with E-state index in [4.69, 9.17) is 9.47 Å². The molecule has 2 aromatic carbocycles. The number of rotatable bonds is 5. The number of esters is 1. The van der Waals surface area contributed by atoms with Gasteiger partial charge in [0, 0.05) is 10.0 Å². The van der Waals surface area contributed by atoms with E-state index >= 15 is 0 Å². The number of ether oxygens (including phenoxy) is 2. The van der Waals surface area contributed by atoms with Gasteiger partial charge in [-0.2, -0.15) is 10.1 Å². The minimum atomic E-state index is -0.546. The van der Waals surface area contributed by atoms with Crippen LogP contribution in [0.1, 0.15) is 22.3 Å². The molecule has 1 heterocycles. The number of hydrogen-bond acceptors (Lipinski definition) is 6. The molecule has 8 heteroatoms. The number of benzene rings is 2. The van der Waals surface area contributed by atoms with Gasteiger partial charge in [-0.1, -0.05) is 28.1 Å². The van der Waals surface area contributed by atoms with Crippen LogP contribution >= 0.6 is 15.9 Å². The van der Waals surface area contributed by atoms with Crippen molar-refractivity contribution in [3.05, 3.63) is 70.2 Å². The highest BCUT2D eigenvalue weighted by Crippen LogP contribution is 2.52. The monoisotopic (exact) mass is 494 g/mol. The maximum absolute atomic E-state index is 12.8. The molecule has 0 radical (unpaired) electrons. The van der Waals surface area contributed by atoms with Crippen LogP contribution in [-0.2, 0) is 9.59 Å². The van der Waals surface area contributed by atoms with Crippen molar-refractivity contribution in [3.63, 3.8) is 0 Å². The number of hydrazone groups is 1. The first kappa shape index (κ1) is 20.6. The summed E-state index contributed by atoms with van der Waals surface area (Å²) in [5.41, 5.74) is 0.817. The Hall–Kier alpha value is -3.26. The second-order valence-electron chi connectivity index (χ2n) is 8.03. The Morgan fingerprint density at radius 1 is 1.06 bits per heavy atom. The molecule has 4 unspecified atom stereocenters. The molecule has 2 aromatic rings. The van der Waals surface area contributed by atoms with Gasteiger partial charge in [0.2, 0.25) is 0 Å². The second-order valence-corrected chi connectivity index (χ2v) is 8.95. The summed E-state index contributed by atoms with van der Waals surface area (Å²) in [5.74, 6) is -0.573. The summed E-state index contributed by atoms with van der Waals surface area (Å²) in [4.78, 5) is 38.2. The summed E-state index contributed by atoms with van der Waals surface area (Å²) in [7, 11) is 1.55. The van der Waals surface area contributed by atoms with Gasteiger partial charge in [0.25, 0.3) is 11.8 Å². The molecular formula is C24H19BrN2O5. The van der Waals surface area contributed by atoms with Gasteiger partial charge in [-0.15, -0.1) is 0 Å². The summed E-state index contributed by atoms with van der Waals surface area (Å²) in [6.07, 6.45) is 6.32. The molecule has 2 aliphatic carbocycles. The number of carbonyl (C=O) groups excluding carboxylic acids is 3. The van der Waals surface area contributed by atoms with Crippen LogP contribution in [0.5, 0.6) is 11.5 Å². The summed E-state index contributed by atoms with van der Waals surface area (Å²) in [6, 6.07) is 11.6. The maximum atomic E-state index is 12.8. The zero-order chi connectivity index (χ0) is 22.4. The van der Waals surface area contributed by atoms with Crippen molar-refractivity contribution in [2.24, 2.45) is 28.8 Å². The third-order valence-corrected chi connectivity index (χ3v) is 6.75. The summed E-state index contributed by atoms with van der Waals surface area (Å²) < 4.78 is 11.4. The highest BCUT2D eigenvalue weighted by atomic mass is 79.9. The van der Waals surface area contributed by atoms with Crippen molar-refractivity contribution in [1.29, 1.82) is 0 Å². The van der Waals surface area contributed by atoms with Crippen molar-refractivity contribution in [2.75, 3.05) is 7.11 Å². The van der Waals surface area contributed by atoms with Crippen LogP contribution in [0, 0.1) is 23.7 Å². The molecule has 7 nitrogen and oxygen atoms in total. The molecule has 2 fully saturated rings. The van der Waals surface area contributed by atoms with Crippen LogP contribution in [0.3, 0.4) is 0 Å². The van der Waals surface area contributed by atoms with Gasteiger partial charge in [-0.05, 0) is 60.7 Å². The number of carbonyl (C=O) groups is 3. The molecule has 2 bridgehead atoms. The van der Waals surface area contributed by atoms with E-state index in [1.165, 1.54) is 6.21 Å². The Morgan fingerprint density at radius 2 is 1.72 bits per heavy atom. The molecule has 32 heavy (non-hydrogen) atoms. The highest BCUT2D eigenvalue weighted by Gasteiger charge is 2.59. The molecule has 0 N–H and O–H groups in total. The first-order chi connectivity index (χ1) is 15.5. The lowest BCUT2D eigenvalue weighted by atomic mass is 9.85. The van der Waals surface area contributed by atoms with Gasteiger partial charge in [0.05, 0.1) is 30.7 Å². The van der Waals surface area contributed by atoms with Gasteiger partial charge in [0.15, 0.2) is 0 Å². The fraction of sp³-hybridized carbons (Fsp3) is 0.250. The zero-order valence-electron chi connectivity index (χ0n) is 17.1. The summed E-state index contributed by atoms with van der Waals surface area (Å²) in [6.45, 7) is 0. The van der Waals surface area contributed by atoms with Gasteiger partial charge >= 0.3 is 5.97 Å². The van der Waals surface area contributed by atoms with Crippen LogP contribution in [0.25, 0.3) is 0 Å². The number of methoxy groups -OCH3 is 1. The lowest BCUT2D eigenvalue weighted by Crippen LogP contribution is -2.28. The van der Waals surface area contributed by atoms with Gasteiger partial charge in [-0.25, -0.2) is 4.79 Å². The van der Waals surface area contributed by atoms with Crippen molar-refractivity contribution < 1.29 is 23.9 Å². The van der Waals surface area contributed by atoms with Crippen LogP contribution < -0.4 is 9.47 Å². The largest absolute Gasteiger partial charge is 0.497 e. The lowest BCUT2D eigenvalue weighted by molar-refractivity contribution is -0.140. The Kier molecular flexibility index (Phi) is 5.17. The predicted octanol–water partition coefficient (Wildman–Crippen LogP) is 3.82. The van der Waals surface area contributed by atoms with Gasteiger partial charge < -0.3 is 9.47 Å². The minimum absolute atomic E-state index is 0.119. The number of imide groups is 1. The molecule has 3 aliphatic rings. The van der Waals surface area contributed by atoms with E-state index in [-0.39, 0.29) is 41.2 Å². The zero-order valence-corrected chi connectivity index (χ0v) is 18.7. The fourth-order valence-electron chi connectivity index (χ4n) is 4.72. The van der Waals surface area contributed by atoms with Crippen LogP contribution in [-0.4, -0.2) is 36.1 Å². The van der Waals surface area contributed by atoms with E-state index in [1.54, 1.807) is 49.6 Å². The van der Waals surface area contributed by atoms with E-state index < -0.39 is 5.97 Å². The molecule has 4 atom stereocenters. The van der Waals surface area contributed by atoms with Crippen molar-refractivity contribution >= 4 is 39.9 Å². The Balaban J connectivity index is 1.37. The highest BCUT2D eigenvalue weighted by molar-refractivity contribution is 9.10. The SMILES string of the molecule is COc1ccc(C(=O)Oc2ccc(Br)cc2C=NN2C(=O)C3C4C=CC(C4)C3C2=O)cc1. The predicted molar refractivity (Wildman–Crippen MR) is 119 cm³/mol. The van der Waals surface area contributed by atoms with Crippen LogP contribution in [0.15, 0.2) is 64.2 Å². The number of halogens is 1. The van der Waals surface area contributed by atoms with Gasteiger partial charge in [0.1, 0.15) is 11.5 Å². The lowest BCUT2D eigenvalue weighted by Gasteiger charge is -2.13. The Bertz CT molecular complexity index is 1140. The molecule has 1 saturated carbocycles. The van der Waals surface area contributed by atoms with E-state index in [0.717, 1.165) is 15.9 Å². The van der Waals surface area contributed by atoms with Crippen molar-refractivity contribution in [1.82, 2.24) is 5.01 Å². The summed E-state index contributed by atoms with van der Waals surface area (Å²) in [5, 5.41) is 5.16. The first-order valence-electron chi connectivity index (χ1n) is 10.2. The Labute approximate surface area is 192 Å². The number of allylic oxidation sites excluding steroid dienone is 2. The molecule has 1 aliphatic heterocycles. The van der Waals surface area contributed by atoms with Crippen LogP contribution in [0.4, 0.5) is 0 Å². The Morgan fingerprint density at radius 3 is 2.34 bits per heavy atom. The number of fused-ring (bicyclic) bond motifs is 5. The van der Waals surface area contributed by atoms with Crippen molar-refractivity contribution in [2.45, 2.75) is 6.42 Å². The van der Waals surface area contributed by atoms with E-state index in [2.05, 4.69) is 21.0 Å². The first-order valence-corrected chi connectivity index (χ1v) is 11.0. The fourth-order valence-corrected chi connectivity index (χ4v) is 5.10. The van der Waals surface area contributed by atoms with E-state index in [1.807, 2.05) is 12.2 Å². The smallest absolute Gasteiger partial charge is 0.343 e. The molecule has 2 amide bonds. The average molecular weight is 495 g/mol. The topological polar surface area (TPSA) is 85.3 Å². The maximum Gasteiger partial charge on any atom is 0.343 e. The molecule has 1 saturated heterocycles. The molecule has 5 rings (SSSR count). The van der Waals surface area contributed by atoms with Gasteiger partial charge in [-0.3, -0.25) is 9.59 Å². The number of amides is 2. The molecule has 162 valence electrons.